The molecule has 0 saturated carbocycles. The molecule has 6 nitrogen and oxygen atoms in total. The number of halogens is 1. The van der Waals surface area contributed by atoms with Crippen LogP contribution in [-0.2, 0) is 4.74 Å². The molecule has 29 heavy (non-hydrogen) atoms. The number of benzene rings is 1. The molecule has 3 heterocycles. The zero-order valence-electron chi connectivity index (χ0n) is 15.9. The molecule has 1 aliphatic rings. The number of fused-ring (bicyclic) bond motifs is 1. The number of hydrogen-bond acceptors (Lipinski definition) is 6. The molecular formula is C21H19ClN2O4S. The maximum absolute atomic E-state index is 11.8. The average molecular weight is 431 g/mol. The van der Waals surface area contributed by atoms with Gasteiger partial charge in [-0.1, -0.05) is 11.6 Å². The van der Waals surface area contributed by atoms with E-state index in [1.807, 2.05) is 17.5 Å². The molecule has 1 N–H and O–H groups in total. The molecule has 1 aromatic carbocycles. The Hall–Kier alpha value is -2.77. The molecule has 1 amide bonds. The second-order valence-corrected chi connectivity index (χ2v) is 7.98. The van der Waals surface area contributed by atoms with Crippen LogP contribution in [0.15, 0.2) is 41.9 Å². The van der Waals surface area contributed by atoms with E-state index in [1.54, 1.807) is 43.5 Å². The van der Waals surface area contributed by atoms with Crippen LogP contribution in [0.5, 0.6) is 11.6 Å². The van der Waals surface area contributed by atoms with Crippen molar-refractivity contribution in [2.75, 3.05) is 18.5 Å². The number of amides is 1. The number of ether oxygens (including phenoxy) is 3. The lowest BCUT2D eigenvalue weighted by Gasteiger charge is -2.19. The summed E-state index contributed by atoms with van der Waals surface area (Å²) in [6.07, 6.45) is 1.01. The lowest BCUT2D eigenvalue weighted by Crippen LogP contribution is -2.17. The molecule has 0 spiro atoms. The van der Waals surface area contributed by atoms with E-state index in [9.17, 15) is 4.79 Å². The van der Waals surface area contributed by atoms with Crippen LogP contribution in [0.4, 0.5) is 10.5 Å². The normalized spacial score (nSPS) is 12.7. The first-order valence-electron chi connectivity index (χ1n) is 9.12. The minimum Gasteiger partial charge on any atom is -0.484 e. The fourth-order valence-corrected chi connectivity index (χ4v) is 4.24. The molecule has 0 unspecified atom stereocenters. The summed E-state index contributed by atoms with van der Waals surface area (Å²) in [6.45, 7) is 4.59. The van der Waals surface area contributed by atoms with E-state index in [2.05, 4.69) is 16.4 Å². The second-order valence-electron chi connectivity index (χ2n) is 6.66. The molecule has 3 aromatic rings. The zero-order chi connectivity index (χ0) is 20.4. The fourth-order valence-electron chi connectivity index (χ4n) is 2.95. The predicted molar refractivity (Wildman–Crippen MR) is 114 cm³/mol. The van der Waals surface area contributed by atoms with E-state index in [1.165, 1.54) is 0 Å². The quantitative estimate of drug-likeness (QED) is 0.561. The number of thiophene rings is 1. The summed E-state index contributed by atoms with van der Waals surface area (Å²) in [5.74, 6) is 1.18. The van der Waals surface area contributed by atoms with Gasteiger partial charge in [-0.25, -0.2) is 9.78 Å². The number of rotatable bonds is 4. The number of aromatic nitrogens is 1. The summed E-state index contributed by atoms with van der Waals surface area (Å²) < 4.78 is 16.4. The molecule has 8 heteroatoms. The summed E-state index contributed by atoms with van der Waals surface area (Å²) in [7, 11) is 0. The van der Waals surface area contributed by atoms with Crippen molar-refractivity contribution in [2.45, 2.75) is 20.0 Å². The van der Waals surface area contributed by atoms with Crippen molar-refractivity contribution in [1.29, 1.82) is 0 Å². The highest BCUT2D eigenvalue weighted by Crippen LogP contribution is 2.42. The van der Waals surface area contributed by atoms with Crippen LogP contribution < -0.4 is 14.8 Å². The molecule has 0 aliphatic carbocycles. The standard InChI is InChI=1S/C21H19ClN2O4S/c1-12(2)28-21(25)24-14-3-4-16(17(22)10-14)18-9-13(11-29-18)15-5-6-23-20-19(15)26-7-8-27-20/h3-6,9-12H,7-8H2,1-2H3,(H,24,25). The lowest BCUT2D eigenvalue weighted by atomic mass is 10.1. The fraction of sp³-hybridized carbons (Fsp3) is 0.238. The Morgan fingerprint density at radius 3 is 2.83 bits per heavy atom. The minimum atomic E-state index is -0.507. The maximum Gasteiger partial charge on any atom is 0.411 e. The van der Waals surface area contributed by atoms with Gasteiger partial charge in [0.05, 0.1) is 11.1 Å². The monoisotopic (exact) mass is 430 g/mol. The average Bonchev–Trinajstić information content (AvgIpc) is 3.16. The Kier molecular flexibility index (Phi) is 5.60. The number of hydrogen-bond donors (Lipinski definition) is 1. The van der Waals surface area contributed by atoms with Gasteiger partial charge in [-0.3, -0.25) is 5.32 Å². The molecule has 4 rings (SSSR count). The molecular weight excluding hydrogens is 412 g/mol. The third kappa shape index (κ3) is 4.31. The van der Waals surface area contributed by atoms with Crippen LogP contribution in [-0.4, -0.2) is 30.4 Å². The van der Waals surface area contributed by atoms with Crippen LogP contribution in [0, 0.1) is 0 Å². The second kappa shape index (κ2) is 8.31. The summed E-state index contributed by atoms with van der Waals surface area (Å²) in [5.41, 5.74) is 3.40. The van der Waals surface area contributed by atoms with Crippen LogP contribution in [0.1, 0.15) is 13.8 Å². The Bertz CT molecular complexity index is 1050. The molecule has 0 saturated heterocycles. The first kappa shape index (κ1) is 19.5. The van der Waals surface area contributed by atoms with Crippen molar-refractivity contribution in [3.8, 4) is 33.2 Å². The van der Waals surface area contributed by atoms with Gasteiger partial charge in [-0.15, -0.1) is 11.3 Å². The number of anilines is 1. The van der Waals surface area contributed by atoms with Gasteiger partial charge in [-0.05, 0) is 55.1 Å². The SMILES string of the molecule is CC(C)OC(=O)Nc1ccc(-c2cc(-c3ccnc4c3OCCO4)cs2)c(Cl)c1. The van der Waals surface area contributed by atoms with Crippen molar-refractivity contribution in [2.24, 2.45) is 0 Å². The maximum atomic E-state index is 11.8. The van der Waals surface area contributed by atoms with Crippen molar-refractivity contribution in [1.82, 2.24) is 4.98 Å². The van der Waals surface area contributed by atoms with Gasteiger partial charge in [0.1, 0.15) is 13.2 Å². The zero-order valence-corrected chi connectivity index (χ0v) is 17.5. The van der Waals surface area contributed by atoms with Gasteiger partial charge in [0, 0.05) is 27.9 Å². The molecule has 0 fully saturated rings. The topological polar surface area (TPSA) is 69.7 Å². The van der Waals surface area contributed by atoms with Crippen LogP contribution >= 0.6 is 22.9 Å². The lowest BCUT2D eigenvalue weighted by molar-refractivity contribution is 0.130. The first-order chi connectivity index (χ1) is 14.0. The first-order valence-corrected chi connectivity index (χ1v) is 10.4. The Labute approximate surface area is 177 Å². The van der Waals surface area contributed by atoms with E-state index in [4.69, 9.17) is 25.8 Å². The van der Waals surface area contributed by atoms with Gasteiger partial charge < -0.3 is 14.2 Å². The number of nitrogens with one attached hydrogen (secondary N) is 1. The largest absolute Gasteiger partial charge is 0.484 e. The predicted octanol–water partition coefficient (Wildman–Crippen LogP) is 5.86. The smallest absolute Gasteiger partial charge is 0.411 e. The van der Waals surface area contributed by atoms with Crippen LogP contribution in [0.3, 0.4) is 0 Å². The summed E-state index contributed by atoms with van der Waals surface area (Å²) in [5, 5.41) is 5.26. The van der Waals surface area contributed by atoms with Gasteiger partial charge in [0.15, 0.2) is 5.75 Å². The molecule has 0 bridgehead atoms. The number of carbonyl (C=O) groups is 1. The van der Waals surface area contributed by atoms with Gasteiger partial charge in [-0.2, -0.15) is 0 Å². The number of nitrogens with zero attached hydrogens (tertiary/aromatic N) is 1. The van der Waals surface area contributed by atoms with Crippen LogP contribution in [0.25, 0.3) is 21.6 Å². The molecule has 0 atom stereocenters. The van der Waals surface area contributed by atoms with Gasteiger partial charge in [0.2, 0.25) is 0 Å². The Morgan fingerprint density at radius 1 is 1.21 bits per heavy atom. The molecule has 1 aliphatic heterocycles. The van der Waals surface area contributed by atoms with Crippen LogP contribution in [0.2, 0.25) is 5.02 Å². The minimum absolute atomic E-state index is 0.192. The molecule has 0 radical (unpaired) electrons. The third-order valence-electron chi connectivity index (χ3n) is 4.17. The summed E-state index contributed by atoms with van der Waals surface area (Å²) in [4.78, 5) is 17.0. The molecule has 150 valence electrons. The molecule has 2 aromatic heterocycles. The highest BCUT2D eigenvalue weighted by molar-refractivity contribution is 7.14. The van der Waals surface area contributed by atoms with Crippen molar-refractivity contribution in [3.63, 3.8) is 0 Å². The Morgan fingerprint density at radius 2 is 2.03 bits per heavy atom. The van der Waals surface area contributed by atoms with E-state index in [0.29, 0.717) is 35.6 Å². The van der Waals surface area contributed by atoms with E-state index in [-0.39, 0.29) is 6.10 Å². The van der Waals surface area contributed by atoms with E-state index >= 15 is 0 Å². The van der Waals surface area contributed by atoms with Gasteiger partial charge >= 0.3 is 6.09 Å². The highest BCUT2D eigenvalue weighted by Gasteiger charge is 2.19. The number of carbonyl (C=O) groups excluding carboxylic acids is 1. The van der Waals surface area contributed by atoms with Crippen molar-refractivity contribution < 1.29 is 19.0 Å². The van der Waals surface area contributed by atoms with E-state index in [0.717, 1.165) is 21.6 Å². The van der Waals surface area contributed by atoms with E-state index < -0.39 is 6.09 Å². The Balaban J connectivity index is 1.58. The third-order valence-corrected chi connectivity index (χ3v) is 5.45. The summed E-state index contributed by atoms with van der Waals surface area (Å²) in [6, 6.07) is 9.36. The highest BCUT2D eigenvalue weighted by atomic mass is 35.5. The van der Waals surface area contributed by atoms with Crippen molar-refractivity contribution >= 4 is 34.7 Å². The van der Waals surface area contributed by atoms with Gasteiger partial charge in [0.25, 0.3) is 5.88 Å². The number of pyridine rings is 1. The summed E-state index contributed by atoms with van der Waals surface area (Å²) >= 11 is 8.06. The van der Waals surface area contributed by atoms with Crippen molar-refractivity contribution in [3.05, 3.63) is 46.9 Å².